The van der Waals surface area contributed by atoms with Crippen LogP contribution in [0.4, 0.5) is 0 Å². The van der Waals surface area contributed by atoms with Crippen LogP contribution < -0.4 is 10.5 Å². The molecule has 0 radical (unpaired) electrons. The van der Waals surface area contributed by atoms with E-state index >= 15 is 0 Å². The molecular formula is C13H9BrCl2N2O2. The van der Waals surface area contributed by atoms with Crippen LogP contribution in [0, 0.1) is 0 Å². The van der Waals surface area contributed by atoms with Crippen LogP contribution in [-0.4, -0.2) is 11.0 Å². The van der Waals surface area contributed by atoms with Gasteiger partial charge in [-0.3, -0.25) is 0 Å². The monoisotopic (exact) mass is 374 g/mol. The molecule has 20 heavy (non-hydrogen) atoms. The van der Waals surface area contributed by atoms with Crippen molar-refractivity contribution in [1.82, 2.24) is 0 Å². The third kappa shape index (κ3) is 3.36. The number of rotatable bonds is 3. The average molecular weight is 376 g/mol. The standard InChI is InChI=1S/C13H9BrCl2N2O2/c14-7-1-4-11(9(5-7)13(17)18-19)20-12-6-8(15)2-3-10(12)16/h1-6,19H,(H2,17,18). The summed E-state index contributed by atoms with van der Waals surface area (Å²) in [7, 11) is 0. The van der Waals surface area contributed by atoms with Gasteiger partial charge in [-0.05, 0) is 30.3 Å². The topological polar surface area (TPSA) is 67.8 Å². The maximum Gasteiger partial charge on any atom is 0.173 e. The van der Waals surface area contributed by atoms with Gasteiger partial charge in [0.2, 0.25) is 0 Å². The second kappa shape index (κ2) is 6.35. The van der Waals surface area contributed by atoms with Gasteiger partial charge in [0.05, 0.1) is 10.6 Å². The number of nitrogens with zero attached hydrogens (tertiary/aromatic N) is 1. The maximum atomic E-state index is 8.81. The van der Waals surface area contributed by atoms with E-state index in [-0.39, 0.29) is 5.84 Å². The van der Waals surface area contributed by atoms with E-state index in [1.165, 1.54) is 0 Å². The van der Waals surface area contributed by atoms with Crippen molar-refractivity contribution in [2.45, 2.75) is 0 Å². The van der Waals surface area contributed by atoms with E-state index in [1.807, 2.05) is 0 Å². The van der Waals surface area contributed by atoms with Crippen molar-refractivity contribution in [1.29, 1.82) is 0 Å². The quantitative estimate of drug-likeness (QED) is 0.355. The van der Waals surface area contributed by atoms with Gasteiger partial charge in [0.25, 0.3) is 0 Å². The molecular weight excluding hydrogens is 367 g/mol. The number of hydrogen-bond donors (Lipinski definition) is 2. The van der Waals surface area contributed by atoms with Crippen molar-refractivity contribution in [3.63, 3.8) is 0 Å². The van der Waals surface area contributed by atoms with Gasteiger partial charge >= 0.3 is 0 Å². The van der Waals surface area contributed by atoms with Crippen LogP contribution in [0.2, 0.25) is 10.0 Å². The lowest BCUT2D eigenvalue weighted by Gasteiger charge is -2.12. The van der Waals surface area contributed by atoms with Crippen molar-refractivity contribution in [2.75, 3.05) is 0 Å². The highest BCUT2D eigenvalue weighted by molar-refractivity contribution is 9.10. The van der Waals surface area contributed by atoms with Crippen LogP contribution in [0.1, 0.15) is 5.56 Å². The minimum Gasteiger partial charge on any atom is -0.455 e. The summed E-state index contributed by atoms with van der Waals surface area (Å²) in [6.45, 7) is 0. The van der Waals surface area contributed by atoms with Gasteiger partial charge in [-0.15, -0.1) is 0 Å². The lowest BCUT2D eigenvalue weighted by molar-refractivity contribution is 0.318. The summed E-state index contributed by atoms with van der Waals surface area (Å²) in [5.74, 6) is 0.709. The molecule has 0 saturated heterocycles. The number of hydrogen-bond acceptors (Lipinski definition) is 3. The Morgan fingerprint density at radius 2 is 1.90 bits per heavy atom. The highest BCUT2D eigenvalue weighted by atomic mass is 79.9. The molecule has 104 valence electrons. The SMILES string of the molecule is N/C(=N/O)c1cc(Br)ccc1Oc1cc(Cl)ccc1Cl. The molecule has 0 unspecified atom stereocenters. The fraction of sp³-hybridized carbons (Fsp3) is 0. The van der Waals surface area contributed by atoms with Gasteiger partial charge in [-0.1, -0.05) is 44.3 Å². The van der Waals surface area contributed by atoms with Gasteiger partial charge < -0.3 is 15.7 Å². The van der Waals surface area contributed by atoms with Crippen LogP contribution >= 0.6 is 39.1 Å². The summed E-state index contributed by atoms with van der Waals surface area (Å²) < 4.78 is 6.46. The fourth-order valence-corrected chi connectivity index (χ4v) is 2.20. The third-order valence-electron chi connectivity index (χ3n) is 2.44. The molecule has 4 nitrogen and oxygen atoms in total. The number of benzene rings is 2. The molecule has 0 aromatic heterocycles. The smallest absolute Gasteiger partial charge is 0.173 e. The molecule has 2 aromatic carbocycles. The minimum atomic E-state index is -0.0700. The Hall–Kier alpha value is -1.43. The first-order chi connectivity index (χ1) is 9.51. The molecule has 7 heteroatoms. The maximum absolute atomic E-state index is 8.81. The molecule has 0 spiro atoms. The molecule has 0 aliphatic carbocycles. The first-order valence-electron chi connectivity index (χ1n) is 5.41. The summed E-state index contributed by atoms with van der Waals surface area (Å²) in [5.41, 5.74) is 6.05. The number of amidine groups is 1. The second-order valence-corrected chi connectivity index (χ2v) is 5.56. The van der Waals surface area contributed by atoms with Crippen molar-refractivity contribution in [3.8, 4) is 11.5 Å². The largest absolute Gasteiger partial charge is 0.455 e. The normalized spacial score (nSPS) is 11.4. The first kappa shape index (κ1) is 15.0. The van der Waals surface area contributed by atoms with Crippen molar-refractivity contribution >= 4 is 45.0 Å². The Morgan fingerprint density at radius 3 is 2.60 bits per heavy atom. The lowest BCUT2D eigenvalue weighted by Crippen LogP contribution is -2.14. The number of ether oxygens (including phenoxy) is 1. The Kier molecular flexibility index (Phi) is 4.75. The van der Waals surface area contributed by atoms with Crippen LogP contribution in [0.25, 0.3) is 0 Å². The van der Waals surface area contributed by atoms with E-state index in [9.17, 15) is 0 Å². The Morgan fingerprint density at radius 1 is 1.15 bits per heavy atom. The van der Waals surface area contributed by atoms with E-state index in [2.05, 4.69) is 21.1 Å². The van der Waals surface area contributed by atoms with Gasteiger partial charge in [0.15, 0.2) is 5.84 Å². The molecule has 0 amide bonds. The van der Waals surface area contributed by atoms with Crippen LogP contribution in [0.15, 0.2) is 46.0 Å². The van der Waals surface area contributed by atoms with Crippen LogP contribution in [-0.2, 0) is 0 Å². The number of nitrogens with two attached hydrogens (primary N) is 1. The van der Waals surface area contributed by atoms with Gasteiger partial charge in [-0.25, -0.2) is 0 Å². The van der Waals surface area contributed by atoms with Crippen molar-refractivity contribution in [3.05, 3.63) is 56.5 Å². The zero-order valence-corrected chi connectivity index (χ0v) is 13.1. The zero-order chi connectivity index (χ0) is 14.7. The summed E-state index contributed by atoms with van der Waals surface area (Å²) in [6, 6.07) is 9.98. The highest BCUT2D eigenvalue weighted by Crippen LogP contribution is 2.34. The Balaban J connectivity index is 2.46. The minimum absolute atomic E-state index is 0.0700. The summed E-state index contributed by atoms with van der Waals surface area (Å²) in [6.07, 6.45) is 0. The molecule has 0 fully saturated rings. The summed E-state index contributed by atoms with van der Waals surface area (Å²) in [5, 5.41) is 12.7. The van der Waals surface area contributed by atoms with Crippen molar-refractivity contribution in [2.24, 2.45) is 10.9 Å². The summed E-state index contributed by atoms with van der Waals surface area (Å²) >= 11 is 15.3. The van der Waals surface area contributed by atoms with E-state index in [1.54, 1.807) is 36.4 Å². The Bertz CT molecular complexity index is 677. The average Bonchev–Trinajstić information content (AvgIpc) is 2.43. The van der Waals surface area contributed by atoms with E-state index in [0.29, 0.717) is 27.1 Å². The molecule has 2 aromatic rings. The lowest BCUT2D eigenvalue weighted by atomic mass is 10.2. The van der Waals surface area contributed by atoms with Crippen LogP contribution in [0.5, 0.6) is 11.5 Å². The second-order valence-electron chi connectivity index (χ2n) is 3.80. The molecule has 0 bridgehead atoms. The highest BCUT2D eigenvalue weighted by Gasteiger charge is 2.12. The predicted octanol–water partition coefficient (Wildman–Crippen LogP) is 4.64. The molecule has 3 N–H and O–H groups in total. The molecule has 2 rings (SSSR count). The van der Waals surface area contributed by atoms with Crippen LogP contribution in [0.3, 0.4) is 0 Å². The zero-order valence-electron chi connectivity index (χ0n) is 9.98. The molecule has 0 atom stereocenters. The number of oxime groups is 1. The molecule has 0 aliphatic heterocycles. The van der Waals surface area contributed by atoms with E-state index in [4.69, 9.17) is 38.9 Å². The van der Waals surface area contributed by atoms with E-state index < -0.39 is 0 Å². The Labute approximate surface area is 133 Å². The summed E-state index contributed by atoms with van der Waals surface area (Å²) in [4.78, 5) is 0. The van der Waals surface area contributed by atoms with Gasteiger partial charge in [0.1, 0.15) is 11.5 Å². The molecule has 0 saturated carbocycles. The van der Waals surface area contributed by atoms with Gasteiger partial charge in [0, 0.05) is 15.6 Å². The molecule has 0 heterocycles. The third-order valence-corrected chi connectivity index (χ3v) is 3.48. The van der Waals surface area contributed by atoms with E-state index in [0.717, 1.165) is 4.47 Å². The number of halogens is 3. The fourth-order valence-electron chi connectivity index (χ4n) is 1.52. The predicted molar refractivity (Wildman–Crippen MR) is 83.2 cm³/mol. The van der Waals surface area contributed by atoms with Crippen molar-refractivity contribution < 1.29 is 9.94 Å². The first-order valence-corrected chi connectivity index (χ1v) is 6.96. The van der Waals surface area contributed by atoms with Gasteiger partial charge in [-0.2, -0.15) is 0 Å². The molecule has 0 aliphatic rings.